The zero-order valence-electron chi connectivity index (χ0n) is 7.43. The monoisotopic (exact) mass is 222 g/mol. The standard InChI is InChI=1S/C9H6N2O3S/c12-7-3-6(9(13)14)10-8(11-7)5-1-2-15-4-5/h1-4H,(H,13,14)(H,10,11,12). The Kier molecular flexibility index (Phi) is 2.34. The van der Waals surface area contributed by atoms with Crippen molar-refractivity contribution in [3.63, 3.8) is 0 Å². The highest BCUT2D eigenvalue weighted by molar-refractivity contribution is 7.08. The largest absolute Gasteiger partial charge is 0.477 e. The topological polar surface area (TPSA) is 83.0 Å². The van der Waals surface area contributed by atoms with Gasteiger partial charge in [0.05, 0.1) is 0 Å². The fourth-order valence-corrected chi connectivity index (χ4v) is 1.74. The van der Waals surface area contributed by atoms with Gasteiger partial charge in [-0.3, -0.25) is 4.79 Å². The van der Waals surface area contributed by atoms with Crippen molar-refractivity contribution in [3.05, 3.63) is 38.9 Å². The summed E-state index contributed by atoms with van der Waals surface area (Å²) in [5.74, 6) is -0.932. The zero-order valence-corrected chi connectivity index (χ0v) is 8.25. The van der Waals surface area contributed by atoms with Crippen LogP contribution in [0.2, 0.25) is 0 Å². The van der Waals surface area contributed by atoms with Crippen LogP contribution in [0.3, 0.4) is 0 Å². The second kappa shape index (κ2) is 3.66. The molecule has 0 fully saturated rings. The van der Waals surface area contributed by atoms with E-state index in [1.807, 2.05) is 5.38 Å². The van der Waals surface area contributed by atoms with Gasteiger partial charge in [-0.1, -0.05) is 0 Å². The van der Waals surface area contributed by atoms with E-state index in [2.05, 4.69) is 9.97 Å². The molecule has 2 heterocycles. The lowest BCUT2D eigenvalue weighted by Crippen LogP contribution is -2.13. The Bertz CT molecular complexity index is 545. The highest BCUT2D eigenvalue weighted by Crippen LogP contribution is 2.16. The van der Waals surface area contributed by atoms with Crippen molar-refractivity contribution >= 4 is 17.3 Å². The van der Waals surface area contributed by atoms with Gasteiger partial charge in [0.25, 0.3) is 5.56 Å². The van der Waals surface area contributed by atoms with Crippen molar-refractivity contribution in [2.45, 2.75) is 0 Å². The lowest BCUT2D eigenvalue weighted by molar-refractivity contribution is 0.0690. The Morgan fingerprint density at radius 3 is 2.93 bits per heavy atom. The molecule has 0 aliphatic carbocycles. The van der Waals surface area contributed by atoms with Crippen LogP contribution in [0.1, 0.15) is 10.5 Å². The molecule has 0 aliphatic heterocycles. The van der Waals surface area contributed by atoms with Gasteiger partial charge in [-0.25, -0.2) is 9.78 Å². The molecule has 0 aromatic carbocycles. The summed E-state index contributed by atoms with van der Waals surface area (Å²) in [4.78, 5) is 28.1. The fraction of sp³-hybridized carbons (Fsp3) is 0. The molecule has 0 radical (unpaired) electrons. The van der Waals surface area contributed by atoms with Gasteiger partial charge in [0, 0.05) is 17.0 Å². The third-order valence-corrected chi connectivity index (χ3v) is 2.44. The first-order valence-electron chi connectivity index (χ1n) is 4.04. The van der Waals surface area contributed by atoms with Crippen molar-refractivity contribution in [3.8, 4) is 11.4 Å². The van der Waals surface area contributed by atoms with Crippen LogP contribution in [0, 0.1) is 0 Å². The second-order valence-corrected chi connectivity index (χ2v) is 3.58. The average Bonchev–Trinajstić information content (AvgIpc) is 2.69. The average molecular weight is 222 g/mol. The quantitative estimate of drug-likeness (QED) is 0.799. The zero-order chi connectivity index (χ0) is 10.8. The van der Waals surface area contributed by atoms with Crippen LogP contribution in [-0.2, 0) is 0 Å². The van der Waals surface area contributed by atoms with Gasteiger partial charge in [-0.2, -0.15) is 11.3 Å². The molecule has 0 spiro atoms. The highest BCUT2D eigenvalue weighted by Gasteiger charge is 2.09. The number of carbonyl (C=O) groups is 1. The van der Waals surface area contributed by atoms with Crippen LogP contribution >= 0.6 is 11.3 Å². The van der Waals surface area contributed by atoms with E-state index in [0.717, 1.165) is 6.07 Å². The lowest BCUT2D eigenvalue weighted by atomic mass is 10.3. The van der Waals surface area contributed by atoms with Crippen LogP contribution in [-0.4, -0.2) is 21.0 Å². The van der Waals surface area contributed by atoms with E-state index in [0.29, 0.717) is 5.56 Å². The molecule has 0 amide bonds. The van der Waals surface area contributed by atoms with E-state index in [9.17, 15) is 9.59 Å². The molecule has 0 aliphatic rings. The predicted molar refractivity (Wildman–Crippen MR) is 55.1 cm³/mol. The minimum Gasteiger partial charge on any atom is -0.477 e. The molecule has 0 saturated heterocycles. The summed E-state index contributed by atoms with van der Waals surface area (Å²) in [7, 11) is 0. The lowest BCUT2D eigenvalue weighted by Gasteiger charge is -1.98. The maximum atomic E-state index is 11.2. The number of carboxylic acid groups (broad SMARTS) is 1. The molecule has 6 heteroatoms. The molecule has 15 heavy (non-hydrogen) atoms. The molecular formula is C9H6N2O3S. The van der Waals surface area contributed by atoms with Crippen LogP contribution in [0.15, 0.2) is 27.7 Å². The number of aromatic carboxylic acids is 1. The Labute approximate surface area is 88.1 Å². The number of hydrogen-bond donors (Lipinski definition) is 2. The Hall–Kier alpha value is -1.95. The van der Waals surface area contributed by atoms with E-state index >= 15 is 0 Å². The van der Waals surface area contributed by atoms with E-state index in [4.69, 9.17) is 5.11 Å². The first-order valence-corrected chi connectivity index (χ1v) is 4.98. The van der Waals surface area contributed by atoms with Crippen LogP contribution in [0.5, 0.6) is 0 Å². The van der Waals surface area contributed by atoms with E-state index in [1.54, 1.807) is 11.4 Å². The molecule has 5 nitrogen and oxygen atoms in total. The minimum absolute atomic E-state index is 0.250. The molecule has 0 saturated carbocycles. The van der Waals surface area contributed by atoms with Crippen molar-refractivity contribution in [1.82, 2.24) is 9.97 Å². The number of H-pyrrole nitrogens is 1. The normalized spacial score (nSPS) is 10.1. The summed E-state index contributed by atoms with van der Waals surface area (Å²) in [6.07, 6.45) is 0. The molecular weight excluding hydrogens is 216 g/mol. The fourth-order valence-electron chi connectivity index (χ4n) is 1.10. The SMILES string of the molecule is O=C(O)c1cc(=O)[nH]c(-c2ccsc2)n1. The van der Waals surface area contributed by atoms with Crippen LogP contribution in [0.25, 0.3) is 11.4 Å². The van der Waals surface area contributed by atoms with Gasteiger partial charge in [0.15, 0.2) is 5.69 Å². The van der Waals surface area contributed by atoms with Gasteiger partial charge >= 0.3 is 5.97 Å². The first-order chi connectivity index (χ1) is 7.16. The molecule has 0 bridgehead atoms. The molecule has 2 N–H and O–H groups in total. The summed E-state index contributed by atoms with van der Waals surface area (Å²) >= 11 is 1.45. The van der Waals surface area contributed by atoms with Gasteiger partial charge in [-0.05, 0) is 11.4 Å². The number of nitrogens with one attached hydrogen (secondary N) is 1. The Morgan fingerprint density at radius 1 is 1.53 bits per heavy atom. The summed E-state index contributed by atoms with van der Waals surface area (Å²) < 4.78 is 0. The number of thiophene rings is 1. The van der Waals surface area contributed by atoms with Crippen molar-refractivity contribution in [2.24, 2.45) is 0 Å². The predicted octanol–water partition coefficient (Wildman–Crippen LogP) is 1.20. The van der Waals surface area contributed by atoms with Crippen LogP contribution < -0.4 is 5.56 Å². The van der Waals surface area contributed by atoms with Crippen molar-refractivity contribution in [2.75, 3.05) is 0 Å². The maximum Gasteiger partial charge on any atom is 0.354 e. The number of carboxylic acids is 1. The minimum atomic E-state index is -1.21. The van der Waals surface area contributed by atoms with E-state index < -0.39 is 11.5 Å². The molecule has 2 aromatic heterocycles. The Morgan fingerprint density at radius 2 is 2.33 bits per heavy atom. The summed E-state index contributed by atoms with van der Waals surface area (Å²) in [5, 5.41) is 12.3. The molecule has 2 rings (SSSR count). The van der Waals surface area contributed by atoms with Gasteiger partial charge < -0.3 is 10.1 Å². The summed E-state index contributed by atoms with van der Waals surface area (Å²) in [5.41, 5.74) is -0.0104. The van der Waals surface area contributed by atoms with E-state index in [-0.39, 0.29) is 11.5 Å². The highest BCUT2D eigenvalue weighted by atomic mass is 32.1. The summed E-state index contributed by atoms with van der Waals surface area (Å²) in [6.45, 7) is 0. The number of rotatable bonds is 2. The maximum absolute atomic E-state index is 11.2. The van der Waals surface area contributed by atoms with Gasteiger partial charge in [0.1, 0.15) is 5.82 Å². The third-order valence-electron chi connectivity index (χ3n) is 1.76. The van der Waals surface area contributed by atoms with Crippen LogP contribution in [0.4, 0.5) is 0 Å². The molecule has 76 valence electrons. The van der Waals surface area contributed by atoms with Gasteiger partial charge in [-0.15, -0.1) is 0 Å². The number of aromatic nitrogens is 2. The second-order valence-electron chi connectivity index (χ2n) is 2.80. The molecule has 2 aromatic rings. The number of hydrogen-bond acceptors (Lipinski definition) is 4. The number of aromatic amines is 1. The van der Waals surface area contributed by atoms with Crippen molar-refractivity contribution < 1.29 is 9.90 Å². The first kappa shape index (κ1) is 9.60. The number of nitrogens with zero attached hydrogens (tertiary/aromatic N) is 1. The third kappa shape index (κ3) is 1.94. The van der Waals surface area contributed by atoms with E-state index in [1.165, 1.54) is 11.3 Å². The van der Waals surface area contributed by atoms with Crippen molar-refractivity contribution in [1.29, 1.82) is 0 Å². The molecule has 0 unspecified atom stereocenters. The Balaban J connectivity index is 2.59. The summed E-state index contributed by atoms with van der Waals surface area (Å²) in [6, 6.07) is 2.72. The molecule has 0 atom stereocenters. The smallest absolute Gasteiger partial charge is 0.354 e. The van der Waals surface area contributed by atoms with Gasteiger partial charge in [0.2, 0.25) is 0 Å².